The van der Waals surface area contributed by atoms with Gasteiger partial charge in [0.15, 0.2) is 0 Å². The van der Waals surface area contributed by atoms with Crippen LogP contribution in [0.5, 0.6) is 0 Å². The first-order valence-electron chi connectivity index (χ1n) is 13.7. The SMILES string of the molecule is CC[C@@H](C)NC(=O)[C@H](C)N(CCc1ccccc1)C(=O)CN(c1ccc(C)cc1C)S(=O)(=O)c1ccc(C)cc1. The molecule has 0 unspecified atom stereocenters. The van der Waals surface area contributed by atoms with Crippen LogP contribution in [0.25, 0.3) is 0 Å². The normalized spacial score (nSPS) is 12.8. The molecule has 8 heteroatoms. The van der Waals surface area contributed by atoms with Gasteiger partial charge < -0.3 is 10.2 Å². The van der Waals surface area contributed by atoms with Crippen LogP contribution in [0.4, 0.5) is 5.69 Å². The Balaban J connectivity index is 2.01. The van der Waals surface area contributed by atoms with Crippen LogP contribution in [-0.2, 0) is 26.0 Å². The number of hydrogen-bond donors (Lipinski definition) is 1. The van der Waals surface area contributed by atoms with E-state index in [0.717, 1.165) is 28.7 Å². The fourth-order valence-corrected chi connectivity index (χ4v) is 5.95. The number of aryl methyl sites for hydroxylation is 3. The van der Waals surface area contributed by atoms with Gasteiger partial charge in [0.25, 0.3) is 10.0 Å². The Hall–Kier alpha value is -3.65. The third kappa shape index (κ3) is 7.72. The molecule has 2 atom stereocenters. The number of benzene rings is 3. The Kier molecular flexibility index (Phi) is 10.5. The van der Waals surface area contributed by atoms with E-state index >= 15 is 0 Å². The third-order valence-corrected chi connectivity index (χ3v) is 8.94. The second-order valence-electron chi connectivity index (χ2n) is 10.4. The molecule has 0 aliphatic carbocycles. The van der Waals surface area contributed by atoms with E-state index in [0.29, 0.717) is 12.1 Å². The average molecular weight is 564 g/mol. The zero-order valence-corrected chi connectivity index (χ0v) is 25.2. The minimum absolute atomic E-state index is 0.0466. The Morgan fingerprint density at radius 2 is 1.50 bits per heavy atom. The van der Waals surface area contributed by atoms with Crippen molar-refractivity contribution < 1.29 is 18.0 Å². The van der Waals surface area contributed by atoms with Crippen LogP contribution in [-0.4, -0.2) is 50.3 Å². The molecule has 0 saturated heterocycles. The second-order valence-corrected chi connectivity index (χ2v) is 12.3. The predicted octanol–water partition coefficient (Wildman–Crippen LogP) is 5.18. The average Bonchev–Trinajstić information content (AvgIpc) is 2.92. The topological polar surface area (TPSA) is 86.8 Å². The summed E-state index contributed by atoms with van der Waals surface area (Å²) < 4.78 is 29.1. The summed E-state index contributed by atoms with van der Waals surface area (Å²) in [6.45, 7) is 11.1. The highest BCUT2D eigenvalue weighted by Crippen LogP contribution is 2.28. The summed E-state index contributed by atoms with van der Waals surface area (Å²) in [5.74, 6) is -0.714. The lowest BCUT2D eigenvalue weighted by Crippen LogP contribution is -2.53. The van der Waals surface area contributed by atoms with E-state index in [2.05, 4.69) is 5.32 Å². The monoisotopic (exact) mass is 563 g/mol. The molecule has 0 heterocycles. The Morgan fingerprint density at radius 3 is 2.10 bits per heavy atom. The highest BCUT2D eigenvalue weighted by Gasteiger charge is 2.33. The van der Waals surface area contributed by atoms with Gasteiger partial charge in [-0.3, -0.25) is 13.9 Å². The first-order valence-corrected chi connectivity index (χ1v) is 15.2. The lowest BCUT2D eigenvalue weighted by Gasteiger charge is -2.33. The smallest absolute Gasteiger partial charge is 0.264 e. The van der Waals surface area contributed by atoms with E-state index in [-0.39, 0.29) is 23.4 Å². The molecule has 1 N–H and O–H groups in total. The summed E-state index contributed by atoms with van der Waals surface area (Å²) in [5.41, 5.74) is 4.11. The summed E-state index contributed by atoms with van der Waals surface area (Å²) in [6, 6.07) is 20.9. The van der Waals surface area contributed by atoms with Crippen LogP contribution >= 0.6 is 0 Å². The summed E-state index contributed by atoms with van der Waals surface area (Å²) in [5, 5.41) is 2.96. The maximum absolute atomic E-state index is 14.0. The van der Waals surface area contributed by atoms with Gasteiger partial charge >= 0.3 is 0 Å². The molecule has 0 aliphatic rings. The number of carbonyl (C=O) groups excluding carboxylic acids is 2. The summed E-state index contributed by atoms with van der Waals surface area (Å²) in [6.07, 6.45) is 1.29. The summed E-state index contributed by atoms with van der Waals surface area (Å²) in [7, 11) is -4.09. The molecule has 3 rings (SSSR count). The van der Waals surface area contributed by atoms with Crippen molar-refractivity contribution in [3.05, 3.63) is 95.1 Å². The molecule has 0 bridgehead atoms. The quantitative estimate of drug-likeness (QED) is 0.329. The van der Waals surface area contributed by atoms with Crippen molar-refractivity contribution in [1.29, 1.82) is 0 Å². The van der Waals surface area contributed by atoms with E-state index < -0.39 is 28.5 Å². The summed E-state index contributed by atoms with van der Waals surface area (Å²) >= 11 is 0. The van der Waals surface area contributed by atoms with Crippen molar-refractivity contribution in [3.8, 4) is 0 Å². The molecule has 7 nitrogen and oxygen atoms in total. The number of sulfonamides is 1. The molecule has 2 amide bonds. The molecule has 3 aromatic rings. The number of carbonyl (C=O) groups is 2. The number of hydrogen-bond acceptors (Lipinski definition) is 4. The predicted molar refractivity (Wildman–Crippen MR) is 161 cm³/mol. The van der Waals surface area contributed by atoms with E-state index in [1.54, 1.807) is 37.3 Å². The van der Waals surface area contributed by atoms with Gasteiger partial charge in [-0.15, -0.1) is 0 Å². The number of amides is 2. The van der Waals surface area contributed by atoms with Gasteiger partial charge in [0.2, 0.25) is 11.8 Å². The standard InChI is InChI=1S/C32H41N3O4S/c1-7-26(5)33-32(37)27(6)34(20-19-28-11-9-8-10-12-28)31(36)22-35(30-18-15-24(3)21-25(30)4)40(38,39)29-16-13-23(2)14-17-29/h8-18,21,26-27H,7,19-20,22H2,1-6H3,(H,33,37)/t26-,27+/m1/s1. The van der Waals surface area contributed by atoms with Crippen LogP contribution in [0, 0.1) is 20.8 Å². The maximum Gasteiger partial charge on any atom is 0.264 e. The first-order chi connectivity index (χ1) is 18.9. The largest absolute Gasteiger partial charge is 0.352 e. The van der Waals surface area contributed by atoms with Crippen molar-refractivity contribution in [3.63, 3.8) is 0 Å². The van der Waals surface area contributed by atoms with Crippen LogP contribution in [0.3, 0.4) is 0 Å². The van der Waals surface area contributed by atoms with Gasteiger partial charge in [0.05, 0.1) is 10.6 Å². The number of nitrogens with zero attached hydrogens (tertiary/aromatic N) is 2. The van der Waals surface area contributed by atoms with E-state index in [1.165, 1.54) is 9.21 Å². The van der Waals surface area contributed by atoms with Gasteiger partial charge in [-0.25, -0.2) is 8.42 Å². The van der Waals surface area contributed by atoms with Gasteiger partial charge in [-0.2, -0.15) is 0 Å². The molecule has 214 valence electrons. The Labute approximate surface area is 239 Å². The van der Waals surface area contributed by atoms with Crippen molar-refractivity contribution in [1.82, 2.24) is 10.2 Å². The van der Waals surface area contributed by atoms with Crippen molar-refractivity contribution in [2.45, 2.75) is 71.4 Å². The first kappa shape index (κ1) is 30.9. The zero-order chi connectivity index (χ0) is 29.4. The molecule has 40 heavy (non-hydrogen) atoms. The van der Waals surface area contributed by atoms with Crippen LogP contribution in [0.15, 0.2) is 77.7 Å². The molecule has 0 spiro atoms. The number of anilines is 1. The maximum atomic E-state index is 14.0. The minimum atomic E-state index is -4.09. The minimum Gasteiger partial charge on any atom is -0.352 e. The van der Waals surface area contributed by atoms with Gasteiger partial charge in [0, 0.05) is 12.6 Å². The van der Waals surface area contributed by atoms with E-state index in [4.69, 9.17) is 0 Å². The molecular weight excluding hydrogens is 522 g/mol. The highest BCUT2D eigenvalue weighted by atomic mass is 32.2. The fourth-order valence-electron chi connectivity index (χ4n) is 4.47. The molecule has 3 aromatic carbocycles. The molecular formula is C32H41N3O4S. The van der Waals surface area contributed by atoms with Crippen LogP contribution in [0.2, 0.25) is 0 Å². The fraction of sp³-hybridized carbons (Fsp3) is 0.375. The lowest BCUT2D eigenvalue weighted by atomic mass is 10.1. The Morgan fingerprint density at radius 1 is 0.875 bits per heavy atom. The third-order valence-electron chi connectivity index (χ3n) is 7.16. The second kappa shape index (κ2) is 13.6. The summed E-state index contributed by atoms with van der Waals surface area (Å²) in [4.78, 5) is 28.7. The molecule has 0 aromatic heterocycles. The molecule has 0 fully saturated rings. The highest BCUT2D eigenvalue weighted by molar-refractivity contribution is 7.92. The van der Waals surface area contributed by atoms with Crippen molar-refractivity contribution >= 4 is 27.5 Å². The van der Waals surface area contributed by atoms with E-state index in [1.807, 2.05) is 77.1 Å². The van der Waals surface area contributed by atoms with Gasteiger partial charge in [-0.1, -0.05) is 72.6 Å². The van der Waals surface area contributed by atoms with Crippen LogP contribution < -0.4 is 9.62 Å². The Bertz CT molecular complexity index is 1410. The van der Waals surface area contributed by atoms with E-state index in [9.17, 15) is 18.0 Å². The molecule has 0 aliphatic heterocycles. The van der Waals surface area contributed by atoms with Gasteiger partial charge in [0.1, 0.15) is 12.6 Å². The van der Waals surface area contributed by atoms with Crippen molar-refractivity contribution in [2.24, 2.45) is 0 Å². The zero-order valence-electron chi connectivity index (χ0n) is 24.3. The lowest BCUT2D eigenvalue weighted by molar-refractivity contribution is -0.139. The number of nitrogens with one attached hydrogen (secondary N) is 1. The van der Waals surface area contributed by atoms with Crippen molar-refractivity contribution in [2.75, 3.05) is 17.4 Å². The van der Waals surface area contributed by atoms with Gasteiger partial charge in [-0.05, 0) is 76.8 Å². The molecule has 0 saturated carbocycles. The number of rotatable bonds is 12. The van der Waals surface area contributed by atoms with Crippen LogP contribution in [0.1, 0.15) is 49.4 Å². The molecule has 0 radical (unpaired) electrons.